The molecule has 2 unspecified atom stereocenters. The second-order valence-corrected chi connectivity index (χ2v) is 5.88. The first-order chi connectivity index (χ1) is 9.08. The SMILES string of the molecule is CCCc1nc(Cl)c(C)c(N2C(C)CCC2CC)n1. The van der Waals surface area contributed by atoms with Crippen molar-refractivity contribution in [2.45, 2.75) is 71.9 Å². The van der Waals surface area contributed by atoms with Crippen molar-refractivity contribution in [3.8, 4) is 0 Å². The first-order valence-electron chi connectivity index (χ1n) is 7.39. The van der Waals surface area contributed by atoms with Crippen molar-refractivity contribution < 1.29 is 0 Å². The van der Waals surface area contributed by atoms with E-state index in [0.29, 0.717) is 17.2 Å². The summed E-state index contributed by atoms with van der Waals surface area (Å²) in [5.41, 5.74) is 1.02. The lowest BCUT2D eigenvalue weighted by Gasteiger charge is -2.30. The Morgan fingerprint density at radius 2 is 2.00 bits per heavy atom. The molecule has 0 amide bonds. The van der Waals surface area contributed by atoms with Crippen LogP contribution in [0.25, 0.3) is 0 Å². The lowest BCUT2D eigenvalue weighted by Crippen LogP contribution is -2.35. The summed E-state index contributed by atoms with van der Waals surface area (Å²) in [4.78, 5) is 11.6. The van der Waals surface area contributed by atoms with E-state index >= 15 is 0 Å². The summed E-state index contributed by atoms with van der Waals surface area (Å²) in [6.07, 6.45) is 5.59. The van der Waals surface area contributed by atoms with Crippen LogP contribution < -0.4 is 4.90 Å². The number of aromatic nitrogens is 2. The minimum Gasteiger partial charge on any atom is -0.351 e. The molecule has 1 fully saturated rings. The Bertz CT molecular complexity index is 447. The van der Waals surface area contributed by atoms with Gasteiger partial charge in [-0.2, -0.15) is 0 Å². The maximum absolute atomic E-state index is 6.29. The molecule has 1 aliphatic heterocycles. The van der Waals surface area contributed by atoms with Gasteiger partial charge in [0.05, 0.1) is 0 Å². The van der Waals surface area contributed by atoms with Gasteiger partial charge in [-0.1, -0.05) is 25.4 Å². The van der Waals surface area contributed by atoms with Gasteiger partial charge in [0, 0.05) is 24.1 Å². The van der Waals surface area contributed by atoms with Gasteiger partial charge >= 0.3 is 0 Å². The Kier molecular flexibility index (Phi) is 4.67. The van der Waals surface area contributed by atoms with Crippen LogP contribution in [0.2, 0.25) is 5.15 Å². The van der Waals surface area contributed by atoms with E-state index in [1.54, 1.807) is 0 Å². The highest BCUT2D eigenvalue weighted by Crippen LogP contribution is 2.34. The highest BCUT2D eigenvalue weighted by molar-refractivity contribution is 6.30. The van der Waals surface area contributed by atoms with Crippen molar-refractivity contribution in [3.63, 3.8) is 0 Å². The smallest absolute Gasteiger partial charge is 0.137 e. The topological polar surface area (TPSA) is 29.0 Å². The van der Waals surface area contributed by atoms with E-state index in [2.05, 4.69) is 30.7 Å². The van der Waals surface area contributed by atoms with Crippen LogP contribution >= 0.6 is 11.6 Å². The number of anilines is 1. The van der Waals surface area contributed by atoms with Crippen LogP contribution in [0.3, 0.4) is 0 Å². The third-order valence-corrected chi connectivity index (χ3v) is 4.45. The molecule has 0 bridgehead atoms. The molecule has 1 aromatic heterocycles. The monoisotopic (exact) mass is 281 g/mol. The normalized spacial score (nSPS) is 23.1. The predicted molar refractivity (Wildman–Crippen MR) is 81.0 cm³/mol. The predicted octanol–water partition coefficient (Wildman–Crippen LogP) is 4.16. The zero-order valence-electron chi connectivity index (χ0n) is 12.4. The molecule has 1 aromatic rings. The van der Waals surface area contributed by atoms with Crippen molar-refractivity contribution in [2.24, 2.45) is 0 Å². The maximum atomic E-state index is 6.29. The van der Waals surface area contributed by atoms with Crippen molar-refractivity contribution in [1.29, 1.82) is 0 Å². The van der Waals surface area contributed by atoms with Gasteiger partial charge in [-0.05, 0) is 39.5 Å². The van der Waals surface area contributed by atoms with E-state index in [0.717, 1.165) is 36.5 Å². The second-order valence-electron chi connectivity index (χ2n) is 5.52. The Morgan fingerprint density at radius 1 is 1.26 bits per heavy atom. The van der Waals surface area contributed by atoms with Gasteiger partial charge < -0.3 is 4.90 Å². The molecule has 1 aliphatic rings. The fourth-order valence-corrected chi connectivity index (χ4v) is 3.14. The standard InChI is InChI=1S/C15H24ClN3/c1-5-7-13-17-14(16)11(4)15(18-13)19-10(3)8-9-12(19)6-2/h10,12H,5-9H2,1-4H3. The zero-order chi connectivity index (χ0) is 14.0. The zero-order valence-corrected chi connectivity index (χ0v) is 13.2. The van der Waals surface area contributed by atoms with E-state index in [1.165, 1.54) is 12.8 Å². The Balaban J connectivity index is 2.42. The van der Waals surface area contributed by atoms with Gasteiger partial charge in [0.25, 0.3) is 0 Å². The third-order valence-electron chi connectivity index (χ3n) is 4.08. The molecule has 106 valence electrons. The molecule has 2 rings (SSSR count). The molecule has 0 spiro atoms. The number of nitrogens with zero attached hydrogens (tertiary/aromatic N) is 3. The molecule has 0 N–H and O–H groups in total. The minimum absolute atomic E-state index is 0.545. The molecule has 4 heteroatoms. The van der Waals surface area contributed by atoms with E-state index in [-0.39, 0.29) is 0 Å². The molecular weight excluding hydrogens is 258 g/mol. The minimum atomic E-state index is 0.545. The summed E-state index contributed by atoms with van der Waals surface area (Å²) in [5, 5.41) is 0.613. The van der Waals surface area contributed by atoms with Gasteiger partial charge in [0.1, 0.15) is 16.8 Å². The molecule has 1 saturated heterocycles. The number of hydrogen-bond acceptors (Lipinski definition) is 3. The van der Waals surface area contributed by atoms with E-state index in [9.17, 15) is 0 Å². The molecule has 0 aliphatic carbocycles. The van der Waals surface area contributed by atoms with E-state index < -0.39 is 0 Å². The highest BCUT2D eigenvalue weighted by atomic mass is 35.5. The quantitative estimate of drug-likeness (QED) is 0.776. The summed E-state index contributed by atoms with van der Waals surface area (Å²) in [6, 6.07) is 1.14. The van der Waals surface area contributed by atoms with Crippen molar-refractivity contribution in [3.05, 3.63) is 16.5 Å². The van der Waals surface area contributed by atoms with Crippen LogP contribution in [0.15, 0.2) is 0 Å². The maximum Gasteiger partial charge on any atom is 0.137 e. The van der Waals surface area contributed by atoms with E-state index in [1.807, 2.05) is 6.92 Å². The lowest BCUT2D eigenvalue weighted by molar-refractivity contribution is 0.616. The molecule has 2 heterocycles. The molecule has 2 atom stereocenters. The first kappa shape index (κ1) is 14.6. The molecule has 19 heavy (non-hydrogen) atoms. The van der Waals surface area contributed by atoms with Crippen LogP contribution in [-0.4, -0.2) is 22.1 Å². The van der Waals surface area contributed by atoms with Gasteiger partial charge in [0.2, 0.25) is 0 Å². The van der Waals surface area contributed by atoms with Gasteiger partial charge in [-0.3, -0.25) is 0 Å². The number of hydrogen-bond donors (Lipinski definition) is 0. The van der Waals surface area contributed by atoms with Gasteiger partial charge in [-0.15, -0.1) is 0 Å². The van der Waals surface area contributed by atoms with Crippen LogP contribution in [-0.2, 0) is 6.42 Å². The van der Waals surface area contributed by atoms with Gasteiger partial charge in [-0.25, -0.2) is 9.97 Å². The van der Waals surface area contributed by atoms with Crippen molar-refractivity contribution >= 4 is 17.4 Å². The fourth-order valence-electron chi connectivity index (χ4n) is 2.96. The average Bonchev–Trinajstić information content (AvgIpc) is 2.75. The van der Waals surface area contributed by atoms with Gasteiger partial charge in [0.15, 0.2) is 0 Å². The first-order valence-corrected chi connectivity index (χ1v) is 7.77. The Labute approximate surface area is 121 Å². The van der Waals surface area contributed by atoms with Crippen molar-refractivity contribution in [2.75, 3.05) is 4.90 Å². The van der Waals surface area contributed by atoms with Crippen molar-refractivity contribution in [1.82, 2.24) is 9.97 Å². The van der Waals surface area contributed by atoms with Crippen LogP contribution in [0, 0.1) is 6.92 Å². The third kappa shape index (κ3) is 2.86. The summed E-state index contributed by atoms with van der Waals surface area (Å²) >= 11 is 6.29. The molecule has 0 aromatic carbocycles. The number of aryl methyl sites for hydroxylation is 1. The molecular formula is C15H24ClN3. The Morgan fingerprint density at radius 3 is 2.63 bits per heavy atom. The number of rotatable bonds is 4. The lowest BCUT2D eigenvalue weighted by atomic mass is 10.1. The highest BCUT2D eigenvalue weighted by Gasteiger charge is 2.32. The molecule has 0 saturated carbocycles. The van der Waals surface area contributed by atoms with Crippen LogP contribution in [0.5, 0.6) is 0 Å². The largest absolute Gasteiger partial charge is 0.351 e. The summed E-state index contributed by atoms with van der Waals surface area (Å²) in [5.74, 6) is 1.93. The van der Waals surface area contributed by atoms with Crippen LogP contribution in [0.1, 0.15) is 57.8 Å². The Hall–Kier alpha value is -0.830. The molecule has 3 nitrogen and oxygen atoms in total. The second kappa shape index (κ2) is 6.08. The fraction of sp³-hybridized carbons (Fsp3) is 0.733. The summed E-state index contributed by atoms with van der Waals surface area (Å²) in [6.45, 7) is 8.71. The molecule has 0 radical (unpaired) electrons. The summed E-state index contributed by atoms with van der Waals surface area (Å²) < 4.78 is 0. The summed E-state index contributed by atoms with van der Waals surface area (Å²) in [7, 11) is 0. The average molecular weight is 282 g/mol. The van der Waals surface area contributed by atoms with Crippen LogP contribution in [0.4, 0.5) is 5.82 Å². The number of halogens is 1. The van der Waals surface area contributed by atoms with E-state index in [4.69, 9.17) is 16.6 Å².